The van der Waals surface area contributed by atoms with Crippen molar-refractivity contribution in [2.75, 3.05) is 6.61 Å². The number of nitrogens with zero attached hydrogens (tertiary/aromatic N) is 3. The largest absolute Gasteiger partial charge is 0.490 e. The lowest BCUT2D eigenvalue weighted by Crippen LogP contribution is -2.02. The molecule has 0 atom stereocenters. The van der Waals surface area contributed by atoms with Crippen LogP contribution in [0.2, 0.25) is 0 Å². The van der Waals surface area contributed by atoms with E-state index in [1.807, 2.05) is 30.3 Å². The number of benzene rings is 3. The molecule has 0 amide bonds. The highest BCUT2D eigenvalue weighted by Crippen LogP contribution is 2.24. The minimum Gasteiger partial charge on any atom is -0.490 e. The van der Waals surface area contributed by atoms with Crippen molar-refractivity contribution >= 4 is 10.8 Å². The second kappa shape index (κ2) is 13.6. The molecule has 3 aromatic carbocycles. The molecule has 6 heteroatoms. The molecular formula is C32H33F2N3O. The molecule has 0 saturated carbocycles. The van der Waals surface area contributed by atoms with Gasteiger partial charge in [0.1, 0.15) is 23.5 Å². The smallest absolute Gasteiger partial charge is 0.155 e. The van der Waals surface area contributed by atoms with E-state index in [1.165, 1.54) is 37.8 Å². The van der Waals surface area contributed by atoms with E-state index < -0.39 is 5.82 Å². The molecule has 4 rings (SSSR count). The summed E-state index contributed by atoms with van der Waals surface area (Å²) in [7, 11) is 0. The molecule has 38 heavy (non-hydrogen) atoms. The highest BCUT2D eigenvalue weighted by molar-refractivity contribution is 5.84. The van der Waals surface area contributed by atoms with Crippen LogP contribution >= 0.6 is 0 Å². The van der Waals surface area contributed by atoms with Gasteiger partial charge in [-0.3, -0.25) is 0 Å². The van der Waals surface area contributed by atoms with Crippen LogP contribution in [0.4, 0.5) is 8.78 Å². The number of hydrogen-bond acceptors (Lipinski definition) is 4. The predicted molar refractivity (Wildman–Crippen MR) is 146 cm³/mol. The molecule has 0 aliphatic carbocycles. The average molecular weight is 514 g/mol. The molecule has 0 bridgehead atoms. The molecule has 1 heterocycles. The number of rotatable bonds is 13. The van der Waals surface area contributed by atoms with E-state index in [9.17, 15) is 4.39 Å². The van der Waals surface area contributed by atoms with Gasteiger partial charge in [-0.2, -0.15) is 5.26 Å². The van der Waals surface area contributed by atoms with Crippen molar-refractivity contribution in [2.45, 2.75) is 64.7 Å². The Morgan fingerprint density at radius 3 is 2.32 bits per heavy atom. The van der Waals surface area contributed by atoms with Crippen LogP contribution in [0.25, 0.3) is 10.8 Å². The van der Waals surface area contributed by atoms with E-state index >= 15 is 4.39 Å². The average Bonchev–Trinajstić information content (AvgIpc) is 2.94. The second-order valence-electron chi connectivity index (χ2n) is 9.62. The van der Waals surface area contributed by atoms with Gasteiger partial charge in [0.05, 0.1) is 24.6 Å². The first-order valence-electron chi connectivity index (χ1n) is 13.4. The van der Waals surface area contributed by atoms with Gasteiger partial charge in [-0.05, 0) is 59.9 Å². The minimum absolute atomic E-state index is 0.0162. The van der Waals surface area contributed by atoms with E-state index in [2.05, 4.69) is 16.9 Å². The molecule has 0 aliphatic heterocycles. The number of ether oxygens (including phenoxy) is 1. The zero-order chi connectivity index (χ0) is 26.7. The van der Waals surface area contributed by atoms with Crippen molar-refractivity contribution in [3.8, 4) is 11.8 Å². The maximum atomic E-state index is 15.2. The van der Waals surface area contributed by atoms with Gasteiger partial charge in [0.15, 0.2) is 5.75 Å². The van der Waals surface area contributed by atoms with Gasteiger partial charge in [-0.15, -0.1) is 0 Å². The first-order valence-corrected chi connectivity index (χ1v) is 13.4. The fraction of sp³-hybridized carbons (Fsp3) is 0.344. The Labute approximate surface area is 223 Å². The van der Waals surface area contributed by atoms with Crippen molar-refractivity contribution in [2.24, 2.45) is 0 Å². The zero-order valence-electron chi connectivity index (χ0n) is 21.9. The summed E-state index contributed by atoms with van der Waals surface area (Å²) in [5.41, 5.74) is 2.43. The first kappa shape index (κ1) is 27.2. The van der Waals surface area contributed by atoms with Crippen LogP contribution in [0.15, 0.2) is 60.9 Å². The highest BCUT2D eigenvalue weighted by atomic mass is 19.1. The third kappa shape index (κ3) is 7.35. The Balaban J connectivity index is 1.30. The molecule has 196 valence electrons. The molecule has 0 radical (unpaired) electrons. The van der Waals surface area contributed by atoms with Crippen LogP contribution in [-0.2, 0) is 25.7 Å². The topological polar surface area (TPSA) is 58.8 Å². The van der Waals surface area contributed by atoms with E-state index in [0.29, 0.717) is 42.6 Å². The van der Waals surface area contributed by atoms with Crippen molar-refractivity contribution in [1.29, 1.82) is 5.26 Å². The standard InChI is InChI=1S/C32H33F2N3O/c1-2-3-4-5-6-17-38-28-21-36-31(37-22-28)16-10-23-9-15-29-26(18-23)14-13-25(32(29)34)11-7-24-8-12-27(20-35)30(33)19-24/h8-9,12-15,18-19,21-22H,2-7,10-11,16-17H2,1H3. The van der Waals surface area contributed by atoms with Crippen LogP contribution in [-0.4, -0.2) is 16.6 Å². The SMILES string of the molecule is CCCCCCCOc1cnc(CCc2ccc3c(F)c(CCc4ccc(C#N)c(F)c4)ccc3c2)nc1. The number of aryl methyl sites for hydroxylation is 4. The van der Waals surface area contributed by atoms with Gasteiger partial charge in [0, 0.05) is 11.8 Å². The number of hydrogen-bond donors (Lipinski definition) is 0. The van der Waals surface area contributed by atoms with Crippen LogP contribution in [0, 0.1) is 23.0 Å². The van der Waals surface area contributed by atoms with E-state index in [0.717, 1.165) is 35.2 Å². The van der Waals surface area contributed by atoms with Gasteiger partial charge in [0.25, 0.3) is 0 Å². The van der Waals surface area contributed by atoms with Gasteiger partial charge in [-0.25, -0.2) is 18.7 Å². The molecule has 4 aromatic rings. The number of aromatic nitrogens is 2. The van der Waals surface area contributed by atoms with E-state index in [4.69, 9.17) is 10.00 Å². The Morgan fingerprint density at radius 2 is 1.55 bits per heavy atom. The van der Waals surface area contributed by atoms with Gasteiger partial charge >= 0.3 is 0 Å². The molecule has 0 N–H and O–H groups in total. The van der Waals surface area contributed by atoms with E-state index in [1.54, 1.807) is 24.5 Å². The lowest BCUT2D eigenvalue weighted by Gasteiger charge is -2.09. The van der Waals surface area contributed by atoms with Crippen molar-refractivity contribution in [1.82, 2.24) is 9.97 Å². The third-order valence-electron chi connectivity index (χ3n) is 6.77. The Kier molecular flexibility index (Phi) is 9.75. The quantitative estimate of drug-likeness (QED) is 0.172. The summed E-state index contributed by atoms with van der Waals surface area (Å²) in [6.07, 6.45) is 11.8. The number of nitriles is 1. The molecule has 4 nitrogen and oxygen atoms in total. The molecule has 0 spiro atoms. The first-order chi connectivity index (χ1) is 18.6. The normalized spacial score (nSPS) is 11.0. The van der Waals surface area contributed by atoms with Crippen molar-refractivity contribution < 1.29 is 13.5 Å². The van der Waals surface area contributed by atoms with Gasteiger partial charge < -0.3 is 4.74 Å². The number of unbranched alkanes of at least 4 members (excludes halogenated alkanes) is 4. The summed E-state index contributed by atoms with van der Waals surface area (Å²) < 4.78 is 34.8. The van der Waals surface area contributed by atoms with Crippen molar-refractivity contribution in [3.63, 3.8) is 0 Å². The molecular weight excluding hydrogens is 480 g/mol. The molecule has 0 fully saturated rings. The van der Waals surface area contributed by atoms with Gasteiger partial charge in [0.2, 0.25) is 0 Å². The molecule has 0 saturated heterocycles. The Morgan fingerprint density at radius 1 is 0.816 bits per heavy atom. The lowest BCUT2D eigenvalue weighted by atomic mass is 9.98. The maximum Gasteiger partial charge on any atom is 0.155 e. The number of fused-ring (bicyclic) bond motifs is 1. The molecule has 1 aromatic heterocycles. The Bertz CT molecular complexity index is 1400. The highest BCUT2D eigenvalue weighted by Gasteiger charge is 2.10. The summed E-state index contributed by atoms with van der Waals surface area (Å²) >= 11 is 0. The summed E-state index contributed by atoms with van der Waals surface area (Å²) in [5, 5.41) is 10.3. The second-order valence-corrected chi connectivity index (χ2v) is 9.62. The fourth-order valence-corrected chi connectivity index (χ4v) is 4.52. The monoisotopic (exact) mass is 513 g/mol. The third-order valence-corrected chi connectivity index (χ3v) is 6.77. The van der Waals surface area contributed by atoms with Crippen LogP contribution in [0.5, 0.6) is 5.75 Å². The Hall–Kier alpha value is -3.85. The summed E-state index contributed by atoms with van der Waals surface area (Å²) in [5.74, 6) is 0.665. The summed E-state index contributed by atoms with van der Waals surface area (Å²) in [6, 6.07) is 15.9. The lowest BCUT2D eigenvalue weighted by molar-refractivity contribution is 0.302. The van der Waals surface area contributed by atoms with Crippen LogP contribution < -0.4 is 4.74 Å². The van der Waals surface area contributed by atoms with Crippen LogP contribution in [0.3, 0.4) is 0 Å². The summed E-state index contributed by atoms with van der Waals surface area (Å²) in [4.78, 5) is 8.87. The van der Waals surface area contributed by atoms with Crippen molar-refractivity contribution in [3.05, 3.63) is 101 Å². The minimum atomic E-state index is -0.542. The fourth-order valence-electron chi connectivity index (χ4n) is 4.52. The summed E-state index contributed by atoms with van der Waals surface area (Å²) in [6.45, 7) is 2.90. The van der Waals surface area contributed by atoms with Gasteiger partial charge in [-0.1, -0.05) is 69.0 Å². The maximum absolute atomic E-state index is 15.2. The van der Waals surface area contributed by atoms with E-state index in [-0.39, 0.29) is 11.4 Å². The molecule has 0 unspecified atom stereocenters. The predicted octanol–water partition coefficient (Wildman–Crippen LogP) is 7.70. The zero-order valence-corrected chi connectivity index (χ0v) is 21.9. The van der Waals surface area contributed by atoms with Crippen LogP contribution in [0.1, 0.15) is 67.1 Å². The molecule has 0 aliphatic rings. The number of halogens is 2.